The zero-order valence-electron chi connectivity index (χ0n) is 17.9. The van der Waals surface area contributed by atoms with E-state index in [2.05, 4.69) is 90.2 Å². The van der Waals surface area contributed by atoms with E-state index in [1.54, 1.807) is 0 Å². The number of nitrogens with one attached hydrogen (secondary N) is 1. The second-order valence-corrected chi connectivity index (χ2v) is 7.95. The van der Waals surface area contributed by atoms with Gasteiger partial charge in [-0.1, -0.05) is 109 Å². The van der Waals surface area contributed by atoms with Gasteiger partial charge in [0.05, 0.1) is 11.4 Å². The zero-order chi connectivity index (χ0) is 22.0. The van der Waals surface area contributed by atoms with Crippen molar-refractivity contribution in [2.45, 2.75) is 0 Å². The van der Waals surface area contributed by atoms with Gasteiger partial charge in [-0.25, -0.2) is 9.97 Å². The third-order valence-electron chi connectivity index (χ3n) is 5.87. The topological polar surface area (TPSA) is 37.8 Å². The van der Waals surface area contributed by atoms with Crippen molar-refractivity contribution in [3.8, 4) is 44.8 Å². The molecule has 0 amide bonds. The molecule has 0 atom stereocenters. The third kappa shape index (κ3) is 3.50. The number of aromatic nitrogens is 2. The van der Waals surface area contributed by atoms with Crippen molar-refractivity contribution in [3.63, 3.8) is 0 Å². The Morgan fingerprint density at radius 2 is 0.758 bits per heavy atom. The summed E-state index contributed by atoms with van der Waals surface area (Å²) >= 11 is 0. The van der Waals surface area contributed by atoms with Gasteiger partial charge in [0.2, 0.25) is 0 Å². The summed E-state index contributed by atoms with van der Waals surface area (Å²) in [5.41, 5.74) is 8.52. The van der Waals surface area contributed by atoms with Gasteiger partial charge < -0.3 is 5.32 Å². The van der Waals surface area contributed by atoms with Crippen LogP contribution in [0, 0.1) is 0 Å². The van der Waals surface area contributed by atoms with E-state index in [1.165, 1.54) is 0 Å². The van der Waals surface area contributed by atoms with Crippen LogP contribution < -0.4 is 5.32 Å². The van der Waals surface area contributed by atoms with Crippen molar-refractivity contribution < 1.29 is 0 Å². The second-order valence-electron chi connectivity index (χ2n) is 7.95. The van der Waals surface area contributed by atoms with E-state index in [9.17, 15) is 0 Å². The van der Waals surface area contributed by atoms with Gasteiger partial charge in [0.1, 0.15) is 11.6 Å². The molecular formula is C30H21N3. The minimum absolute atomic E-state index is 0.812. The van der Waals surface area contributed by atoms with Crippen LogP contribution in [-0.2, 0) is 0 Å². The molecule has 3 nitrogen and oxygen atoms in total. The number of hydrogen-bond donors (Lipinski definition) is 1. The van der Waals surface area contributed by atoms with Crippen LogP contribution >= 0.6 is 0 Å². The summed E-state index contributed by atoms with van der Waals surface area (Å²) in [5.74, 6) is 1.62. The van der Waals surface area contributed by atoms with E-state index >= 15 is 0 Å². The Morgan fingerprint density at radius 1 is 0.394 bits per heavy atom. The molecule has 0 unspecified atom stereocenters. The molecule has 2 heterocycles. The van der Waals surface area contributed by atoms with Crippen LogP contribution in [0.15, 0.2) is 121 Å². The highest BCUT2D eigenvalue weighted by Crippen LogP contribution is 2.44. The fourth-order valence-corrected chi connectivity index (χ4v) is 4.39. The molecule has 2 aliphatic carbocycles. The molecule has 4 aliphatic rings. The zero-order valence-corrected chi connectivity index (χ0v) is 17.9. The third-order valence-corrected chi connectivity index (χ3v) is 5.87. The molecule has 6 rings (SSSR count). The maximum absolute atomic E-state index is 4.99. The first-order chi connectivity index (χ1) is 16.4. The first-order valence-corrected chi connectivity index (χ1v) is 11.0. The lowest BCUT2D eigenvalue weighted by molar-refractivity contribution is 1.33. The summed E-state index contributed by atoms with van der Waals surface area (Å²) < 4.78 is 0. The standard InChI is InChI=1S/C30H21N3/c1-5-13-21(14-6-1)27-23-17-9-3-11-19-25(23)31-29(27)33-30-28(22-15-7-2-8-16-22)24-18-10-4-12-20-26(24)32-30/h1-20H,(H,31,32,33). The summed E-state index contributed by atoms with van der Waals surface area (Å²) in [4.78, 5) is 9.98. The molecule has 0 saturated heterocycles. The summed E-state index contributed by atoms with van der Waals surface area (Å²) in [6.45, 7) is 0. The molecular weight excluding hydrogens is 402 g/mol. The van der Waals surface area contributed by atoms with Crippen molar-refractivity contribution >= 4 is 11.6 Å². The second kappa shape index (κ2) is 8.21. The molecule has 33 heavy (non-hydrogen) atoms. The lowest BCUT2D eigenvalue weighted by Crippen LogP contribution is -1.94. The van der Waals surface area contributed by atoms with E-state index in [4.69, 9.17) is 9.97 Å². The van der Waals surface area contributed by atoms with Gasteiger partial charge in [-0.05, 0) is 23.3 Å². The minimum Gasteiger partial charge on any atom is -0.324 e. The maximum Gasteiger partial charge on any atom is 0.140 e. The number of anilines is 2. The van der Waals surface area contributed by atoms with Crippen LogP contribution in [0.3, 0.4) is 0 Å². The van der Waals surface area contributed by atoms with E-state index in [0.29, 0.717) is 0 Å². The molecule has 3 heteroatoms. The van der Waals surface area contributed by atoms with Crippen molar-refractivity contribution in [1.82, 2.24) is 9.97 Å². The van der Waals surface area contributed by atoms with Gasteiger partial charge in [-0.2, -0.15) is 0 Å². The van der Waals surface area contributed by atoms with Crippen LogP contribution in [0.1, 0.15) is 0 Å². The number of rotatable bonds is 4. The van der Waals surface area contributed by atoms with Crippen LogP contribution in [0.25, 0.3) is 44.8 Å². The normalized spacial score (nSPS) is 11.0. The van der Waals surface area contributed by atoms with Crippen LogP contribution in [0.2, 0.25) is 0 Å². The molecule has 0 bridgehead atoms. The Hall–Kier alpha value is -4.50. The van der Waals surface area contributed by atoms with Gasteiger partial charge >= 0.3 is 0 Å². The highest BCUT2D eigenvalue weighted by molar-refractivity contribution is 5.98. The predicted octanol–water partition coefficient (Wildman–Crippen LogP) is 7.76. The number of hydrogen-bond acceptors (Lipinski definition) is 3. The highest BCUT2D eigenvalue weighted by atomic mass is 15.1. The largest absolute Gasteiger partial charge is 0.324 e. The fourth-order valence-electron chi connectivity index (χ4n) is 4.39. The Kier molecular flexibility index (Phi) is 4.78. The summed E-state index contributed by atoms with van der Waals surface area (Å²) in [6, 6.07) is 41.4. The maximum atomic E-state index is 4.99. The summed E-state index contributed by atoms with van der Waals surface area (Å²) in [5, 5.41) is 3.62. The lowest BCUT2D eigenvalue weighted by Gasteiger charge is -2.09. The van der Waals surface area contributed by atoms with Crippen LogP contribution in [-0.4, -0.2) is 9.97 Å². The first-order valence-electron chi connectivity index (χ1n) is 11.0. The Bertz CT molecular complexity index is 1360. The molecule has 2 aromatic carbocycles. The molecule has 1 N–H and O–H groups in total. The van der Waals surface area contributed by atoms with Gasteiger partial charge in [-0.3, -0.25) is 0 Å². The van der Waals surface area contributed by atoms with Crippen molar-refractivity contribution in [3.05, 3.63) is 121 Å². The van der Waals surface area contributed by atoms with Crippen molar-refractivity contribution in [2.24, 2.45) is 0 Å². The monoisotopic (exact) mass is 423 g/mol. The molecule has 0 spiro atoms. The molecule has 2 aromatic rings. The average Bonchev–Trinajstić information content (AvgIpc) is 3.14. The van der Waals surface area contributed by atoms with E-state index < -0.39 is 0 Å². The SMILES string of the molecule is c1ccc(-c2c3cccccc-3nc2Nc2nc3cccccc-3c2-c2ccccc2)cc1. The minimum atomic E-state index is 0.812. The average molecular weight is 424 g/mol. The number of fused-ring (bicyclic) bond motifs is 2. The summed E-state index contributed by atoms with van der Waals surface area (Å²) in [6.07, 6.45) is 0. The van der Waals surface area contributed by atoms with Crippen molar-refractivity contribution in [1.29, 1.82) is 0 Å². The molecule has 2 aliphatic heterocycles. The Labute approximate surface area is 193 Å². The molecule has 156 valence electrons. The first kappa shape index (κ1) is 19.2. The van der Waals surface area contributed by atoms with Crippen molar-refractivity contribution in [2.75, 3.05) is 5.32 Å². The quantitative estimate of drug-likeness (QED) is 0.315. The van der Waals surface area contributed by atoms with Gasteiger partial charge in [0.15, 0.2) is 0 Å². The highest BCUT2D eigenvalue weighted by Gasteiger charge is 2.23. The Morgan fingerprint density at radius 3 is 1.18 bits per heavy atom. The number of nitrogens with zero attached hydrogens (tertiary/aromatic N) is 2. The molecule has 0 saturated carbocycles. The van der Waals surface area contributed by atoms with Gasteiger partial charge in [-0.15, -0.1) is 0 Å². The van der Waals surface area contributed by atoms with E-state index in [-0.39, 0.29) is 0 Å². The smallest absolute Gasteiger partial charge is 0.140 e. The fraction of sp³-hybridized carbons (Fsp3) is 0. The predicted molar refractivity (Wildman–Crippen MR) is 136 cm³/mol. The summed E-state index contributed by atoms with van der Waals surface area (Å²) in [7, 11) is 0. The van der Waals surface area contributed by atoms with Crippen LogP contribution in [0.5, 0.6) is 0 Å². The van der Waals surface area contributed by atoms with Gasteiger partial charge in [0, 0.05) is 22.3 Å². The Balaban J connectivity index is 1.58. The van der Waals surface area contributed by atoms with E-state index in [1.807, 2.05) is 36.4 Å². The molecule has 0 radical (unpaired) electrons. The van der Waals surface area contributed by atoms with Gasteiger partial charge in [0.25, 0.3) is 0 Å². The van der Waals surface area contributed by atoms with Crippen LogP contribution in [0.4, 0.5) is 11.6 Å². The number of benzene rings is 2. The molecule has 0 fully saturated rings. The van der Waals surface area contributed by atoms with E-state index in [0.717, 1.165) is 56.4 Å². The molecule has 0 aromatic heterocycles. The lowest BCUT2D eigenvalue weighted by atomic mass is 10.0.